The van der Waals surface area contributed by atoms with Gasteiger partial charge in [0.2, 0.25) is 5.95 Å². The zero-order valence-electron chi connectivity index (χ0n) is 21.3. The predicted octanol–water partition coefficient (Wildman–Crippen LogP) is 6.30. The lowest BCUT2D eigenvalue weighted by Crippen LogP contribution is -2.24. The van der Waals surface area contributed by atoms with Gasteiger partial charge in [0.15, 0.2) is 0 Å². The number of fused-ring (bicyclic) bond motifs is 1. The summed E-state index contributed by atoms with van der Waals surface area (Å²) in [6.07, 6.45) is 3.50. The summed E-state index contributed by atoms with van der Waals surface area (Å²) in [5.74, 6) is 2.01. The second-order valence-electron chi connectivity index (χ2n) is 9.78. The standard InChI is InChI=1S/C29H31FN4O3/c1-18(2)24-15-20(4-6-25(24)30)32-29-33-26-17-22(5-7-27(26)34(29)3)37-23-8-11-31-21(14-23)16-28(35)19-9-12-36-13-10-19/h4-8,11,14-15,17-19H,9-10,12-13,16H2,1-3H3,(H,32,33). The molecule has 3 heterocycles. The Bertz CT molecular complexity index is 1430. The summed E-state index contributed by atoms with van der Waals surface area (Å²) in [7, 11) is 1.93. The molecule has 4 aromatic rings. The van der Waals surface area contributed by atoms with Crippen LogP contribution in [0.25, 0.3) is 11.0 Å². The third kappa shape index (κ3) is 5.64. The van der Waals surface area contributed by atoms with Crippen molar-refractivity contribution < 1.29 is 18.7 Å². The molecule has 1 saturated heterocycles. The second-order valence-corrected chi connectivity index (χ2v) is 9.78. The van der Waals surface area contributed by atoms with E-state index in [4.69, 9.17) is 14.5 Å². The fourth-order valence-electron chi connectivity index (χ4n) is 4.64. The minimum atomic E-state index is -0.209. The number of anilines is 2. The summed E-state index contributed by atoms with van der Waals surface area (Å²) in [5.41, 5.74) is 3.82. The first-order chi connectivity index (χ1) is 17.9. The molecule has 0 aliphatic carbocycles. The van der Waals surface area contributed by atoms with E-state index < -0.39 is 0 Å². The van der Waals surface area contributed by atoms with E-state index in [-0.39, 0.29) is 29.9 Å². The number of hydrogen-bond acceptors (Lipinski definition) is 6. The first-order valence-corrected chi connectivity index (χ1v) is 12.6. The maximum atomic E-state index is 14.1. The molecule has 0 saturated carbocycles. The van der Waals surface area contributed by atoms with Crippen molar-refractivity contribution in [3.05, 3.63) is 71.8 Å². The van der Waals surface area contributed by atoms with E-state index in [1.807, 2.05) is 55.8 Å². The van der Waals surface area contributed by atoms with Crippen LogP contribution in [-0.2, 0) is 23.0 Å². The van der Waals surface area contributed by atoms with Gasteiger partial charge in [-0.15, -0.1) is 0 Å². The topological polar surface area (TPSA) is 78.3 Å². The molecular formula is C29H31FN4O3. The van der Waals surface area contributed by atoms with Crippen LogP contribution < -0.4 is 10.1 Å². The van der Waals surface area contributed by atoms with Crippen LogP contribution in [0.15, 0.2) is 54.7 Å². The van der Waals surface area contributed by atoms with Crippen LogP contribution in [0.5, 0.6) is 11.5 Å². The number of imidazole rings is 1. The van der Waals surface area contributed by atoms with E-state index in [2.05, 4.69) is 10.3 Å². The Morgan fingerprint density at radius 1 is 1.14 bits per heavy atom. The number of hydrogen-bond donors (Lipinski definition) is 1. The number of nitrogens with zero attached hydrogens (tertiary/aromatic N) is 3. The van der Waals surface area contributed by atoms with Crippen molar-refractivity contribution in [3.8, 4) is 11.5 Å². The Kier molecular flexibility index (Phi) is 7.19. The molecule has 0 radical (unpaired) electrons. The average molecular weight is 503 g/mol. The number of carbonyl (C=O) groups is 1. The van der Waals surface area contributed by atoms with Gasteiger partial charge in [-0.25, -0.2) is 9.37 Å². The zero-order valence-corrected chi connectivity index (χ0v) is 21.3. The molecule has 0 unspecified atom stereocenters. The quantitative estimate of drug-likeness (QED) is 0.304. The molecule has 1 N–H and O–H groups in total. The lowest BCUT2D eigenvalue weighted by molar-refractivity contribution is -0.125. The number of Topliss-reactive ketones (excluding diaryl/α,β-unsaturated/α-hetero) is 1. The zero-order chi connectivity index (χ0) is 25.9. The lowest BCUT2D eigenvalue weighted by atomic mass is 9.92. The number of benzene rings is 2. The average Bonchev–Trinajstić information content (AvgIpc) is 3.20. The van der Waals surface area contributed by atoms with E-state index in [0.717, 1.165) is 29.6 Å². The first kappa shape index (κ1) is 24.9. The van der Waals surface area contributed by atoms with Gasteiger partial charge in [-0.05, 0) is 60.7 Å². The Morgan fingerprint density at radius 2 is 1.92 bits per heavy atom. The van der Waals surface area contributed by atoms with Gasteiger partial charge in [0.25, 0.3) is 0 Å². The molecular weight excluding hydrogens is 471 g/mol. The number of rotatable bonds is 8. The van der Waals surface area contributed by atoms with E-state index in [1.54, 1.807) is 18.3 Å². The van der Waals surface area contributed by atoms with Crippen molar-refractivity contribution in [3.63, 3.8) is 0 Å². The third-order valence-electron chi connectivity index (χ3n) is 6.78. The van der Waals surface area contributed by atoms with Crippen LogP contribution in [0.2, 0.25) is 0 Å². The van der Waals surface area contributed by atoms with Gasteiger partial charge < -0.3 is 19.4 Å². The number of ether oxygens (including phenoxy) is 2. The van der Waals surface area contributed by atoms with Crippen molar-refractivity contribution in [2.24, 2.45) is 13.0 Å². The highest BCUT2D eigenvalue weighted by molar-refractivity contribution is 5.83. The summed E-state index contributed by atoms with van der Waals surface area (Å²) in [6.45, 7) is 5.22. The van der Waals surface area contributed by atoms with E-state index >= 15 is 0 Å². The summed E-state index contributed by atoms with van der Waals surface area (Å²) in [5, 5.41) is 3.30. The van der Waals surface area contributed by atoms with Crippen molar-refractivity contribution in [1.82, 2.24) is 14.5 Å². The van der Waals surface area contributed by atoms with Crippen molar-refractivity contribution in [2.45, 2.75) is 39.0 Å². The van der Waals surface area contributed by atoms with Gasteiger partial charge in [-0.3, -0.25) is 9.78 Å². The van der Waals surface area contributed by atoms with Gasteiger partial charge in [0, 0.05) is 56.6 Å². The van der Waals surface area contributed by atoms with Crippen molar-refractivity contribution in [2.75, 3.05) is 18.5 Å². The van der Waals surface area contributed by atoms with Gasteiger partial charge >= 0.3 is 0 Å². The molecule has 2 aromatic heterocycles. The minimum absolute atomic E-state index is 0.0429. The maximum absolute atomic E-state index is 14.1. The van der Waals surface area contributed by atoms with E-state index in [9.17, 15) is 9.18 Å². The number of pyridine rings is 1. The van der Waals surface area contributed by atoms with E-state index in [1.165, 1.54) is 6.07 Å². The summed E-state index contributed by atoms with van der Waals surface area (Å²) in [4.78, 5) is 21.7. The molecule has 192 valence electrons. The number of carbonyl (C=O) groups excluding carboxylic acids is 1. The van der Waals surface area contributed by atoms with Crippen LogP contribution in [0.3, 0.4) is 0 Å². The third-order valence-corrected chi connectivity index (χ3v) is 6.78. The smallest absolute Gasteiger partial charge is 0.208 e. The molecule has 5 rings (SSSR count). The van der Waals surface area contributed by atoms with Crippen LogP contribution in [0, 0.1) is 11.7 Å². The minimum Gasteiger partial charge on any atom is -0.457 e. The lowest BCUT2D eigenvalue weighted by Gasteiger charge is -2.20. The van der Waals surface area contributed by atoms with E-state index in [0.29, 0.717) is 41.9 Å². The molecule has 7 nitrogen and oxygen atoms in total. The molecule has 1 fully saturated rings. The Hall–Kier alpha value is -3.78. The monoisotopic (exact) mass is 502 g/mol. The largest absolute Gasteiger partial charge is 0.457 e. The summed E-state index contributed by atoms with van der Waals surface area (Å²) in [6, 6.07) is 14.3. The normalized spacial score (nSPS) is 14.3. The van der Waals surface area contributed by atoms with Crippen molar-refractivity contribution in [1.29, 1.82) is 0 Å². The molecule has 0 bridgehead atoms. The van der Waals surface area contributed by atoms with Crippen LogP contribution >= 0.6 is 0 Å². The van der Waals surface area contributed by atoms with Gasteiger partial charge in [0.05, 0.1) is 16.7 Å². The van der Waals surface area contributed by atoms with Crippen molar-refractivity contribution >= 4 is 28.5 Å². The van der Waals surface area contributed by atoms with Gasteiger partial charge in [-0.2, -0.15) is 0 Å². The number of ketones is 1. The van der Waals surface area contributed by atoms with Gasteiger partial charge in [0.1, 0.15) is 23.1 Å². The Morgan fingerprint density at radius 3 is 2.70 bits per heavy atom. The molecule has 1 aliphatic heterocycles. The molecule has 37 heavy (non-hydrogen) atoms. The predicted molar refractivity (Wildman–Crippen MR) is 141 cm³/mol. The Labute approximate surface area is 215 Å². The summed E-state index contributed by atoms with van der Waals surface area (Å²) < 4.78 is 27.5. The maximum Gasteiger partial charge on any atom is 0.208 e. The number of aromatic nitrogens is 3. The highest BCUT2D eigenvalue weighted by atomic mass is 19.1. The molecule has 8 heteroatoms. The molecule has 0 amide bonds. The Balaban J connectivity index is 1.31. The van der Waals surface area contributed by atoms with Crippen LogP contribution in [-0.4, -0.2) is 33.5 Å². The summed E-state index contributed by atoms with van der Waals surface area (Å²) >= 11 is 0. The van der Waals surface area contributed by atoms with Crippen LogP contribution in [0.1, 0.15) is 43.9 Å². The second kappa shape index (κ2) is 10.7. The fourth-order valence-corrected chi connectivity index (χ4v) is 4.64. The highest BCUT2D eigenvalue weighted by Crippen LogP contribution is 2.30. The number of nitrogens with one attached hydrogen (secondary N) is 1. The highest BCUT2D eigenvalue weighted by Gasteiger charge is 2.22. The van der Waals surface area contributed by atoms with Gasteiger partial charge in [-0.1, -0.05) is 13.8 Å². The SMILES string of the molecule is CC(C)c1cc(Nc2nc3cc(Oc4ccnc(CC(=O)C5CCOCC5)c4)ccc3n2C)ccc1F. The van der Waals surface area contributed by atoms with Crippen LogP contribution in [0.4, 0.5) is 16.0 Å². The number of halogens is 1. The molecule has 0 atom stereocenters. The molecule has 0 spiro atoms. The molecule has 1 aliphatic rings. The first-order valence-electron chi connectivity index (χ1n) is 12.6. The molecule has 2 aromatic carbocycles. The number of aryl methyl sites for hydroxylation is 1. The fraction of sp³-hybridized carbons (Fsp3) is 0.345.